The van der Waals surface area contributed by atoms with E-state index in [1.807, 2.05) is 60.7 Å². The van der Waals surface area contributed by atoms with E-state index >= 15 is 0 Å². The third kappa shape index (κ3) is 7.81. The van der Waals surface area contributed by atoms with Crippen LogP contribution in [0.5, 0.6) is 0 Å². The Balaban J connectivity index is 0.000000202. The molecule has 301 valence electrons. The number of pyridine rings is 1. The molecule has 0 unspecified atom stereocenters. The number of benzene rings is 6. The number of para-hydroxylation sites is 3. The fraction of sp³-hybridized carbons (Fsp3) is 0.170. The topological polar surface area (TPSA) is 57.0 Å². The Hall–Kier alpha value is -5.85. The second-order valence-electron chi connectivity index (χ2n) is 16.9. The second kappa shape index (κ2) is 16.7. The van der Waals surface area contributed by atoms with Gasteiger partial charge in [-0.05, 0) is 89.7 Å². The average molecular weight is 978 g/mol. The zero-order valence-corrected chi connectivity index (χ0v) is 38.5. The van der Waals surface area contributed by atoms with Crippen molar-refractivity contribution in [3.63, 3.8) is 0 Å². The first-order valence-corrected chi connectivity index (χ1v) is 23.9. The minimum atomic E-state index is -1.34. The van der Waals surface area contributed by atoms with Gasteiger partial charge >= 0.3 is 0 Å². The van der Waals surface area contributed by atoms with Crippen molar-refractivity contribution >= 4 is 57.2 Å². The fourth-order valence-corrected chi connectivity index (χ4v) is 9.95. The molecular formula is C53H47IrN3O2Si-2. The molecule has 0 aliphatic rings. The van der Waals surface area contributed by atoms with Gasteiger partial charge in [0.1, 0.15) is 11.2 Å². The first kappa shape index (κ1) is 40.9. The SMILES string of the molecule is CC(C)Cc1cc(-c2[c-]cccc2)ncc1[Si](C)(C)C.Cc1cccc(C)c1-c1ccc2o[c-]c(-c3nc4ccccc4n3-c3ccc4c(c3)oc3ccccc34)c2c1.[Ir]. The molecule has 0 atom stereocenters. The van der Waals surface area contributed by atoms with Gasteiger partial charge in [-0.2, -0.15) is 0 Å². The van der Waals surface area contributed by atoms with Crippen molar-refractivity contribution in [2.75, 3.05) is 0 Å². The first-order chi connectivity index (χ1) is 28.5. The van der Waals surface area contributed by atoms with Gasteiger partial charge in [-0.3, -0.25) is 4.98 Å². The Morgan fingerprint density at radius 1 is 0.717 bits per heavy atom. The zero-order valence-electron chi connectivity index (χ0n) is 35.1. The summed E-state index contributed by atoms with van der Waals surface area (Å²) in [6, 6.07) is 49.1. The summed E-state index contributed by atoms with van der Waals surface area (Å²) in [5, 5.41) is 4.68. The normalized spacial score (nSPS) is 11.7. The number of imidazole rings is 1. The number of aryl methyl sites for hydroxylation is 2. The molecule has 7 heteroatoms. The number of nitrogens with zero attached hydrogens (tertiary/aromatic N) is 3. The Bertz CT molecular complexity index is 3110. The largest absolute Gasteiger partial charge is 0.557 e. The van der Waals surface area contributed by atoms with Crippen LogP contribution < -0.4 is 5.19 Å². The van der Waals surface area contributed by atoms with Crippen molar-refractivity contribution < 1.29 is 28.9 Å². The molecule has 4 aromatic heterocycles. The van der Waals surface area contributed by atoms with Gasteiger partial charge in [0.2, 0.25) is 0 Å². The summed E-state index contributed by atoms with van der Waals surface area (Å²) in [6.07, 6.45) is 6.42. The van der Waals surface area contributed by atoms with Crippen LogP contribution in [0.25, 0.3) is 83.4 Å². The Morgan fingerprint density at radius 2 is 1.47 bits per heavy atom. The van der Waals surface area contributed by atoms with E-state index in [0.717, 1.165) is 84.3 Å². The van der Waals surface area contributed by atoms with E-state index < -0.39 is 8.07 Å². The molecule has 0 N–H and O–H groups in total. The minimum absolute atomic E-state index is 0. The summed E-state index contributed by atoms with van der Waals surface area (Å²) < 4.78 is 14.4. The van der Waals surface area contributed by atoms with E-state index in [-0.39, 0.29) is 20.1 Å². The third-order valence-corrected chi connectivity index (χ3v) is 13.2. The summed E-state index contributed by atoms with van der Waals surface area (Å²) in [5.74, 6) is 1.45. The van der Waals surface area contributed by atoms with Gasteiger partial charge < -0.3 is 18.4 Å². The molecule has 1 radical (unpaired) electrons. The van der Waals surface area contributed by atoms with Gasteiger partial charge in [0.05, 0.1) is 24.9 Å². The average Bonchev–Trinajstić information content (AvgIpc) is 3.93. The number of furan rings is 2. The second-order valence-corrected chi connectivity index (χ2v) is 22.0. The van der Waals surface area contributed by atoms with E-state index in [4.69, 9.17) is 13.8 Å². The summed E-state index contributed by atoms with van der Waals surface area (Å²) >= 11 is 0. The monoisotopic (exact) mass is 978 g/mol. The standard InChI is InChI=1S/C35H23N2O2.C18H24NSi.Ir/c1-21-8-7-9-22(2)34(21)23-14-17-31-27(18-23)28(20-38-31)35-36-29-11-4-5-12-30(29)37(35)24-15-16-26-25-10-3-6-13-32(25)39-33(26)19-24;1-14(2)11-16-12-17(15-9-7-6-8-10-15)19-13-18(16)20(3,4)5;/h3-19H,1-2H3;6-9,12-14H,11H2,1-5H3;/q2*-1;. The Kier molecular flexibility index (Phi) is 11.4. The van der Waals surface area contributed by atoms with Gasteiger partial charge in [-0.15, -0.1) is 35.9 Å². The quantitative estimate of drug-likeness (QED) is 0.118. The molecule has 0 amide bonds. The number of rotatable bonds is 7. The fourth-order valence-electron chi connectivity index (χ4n) is 8.36. The molecule has 0 spiro atoms. The Labute approximate surface area is 366 Å². The molecule has 0 aliphatic carbocycles. The van der Waals surface area contributed by atoms with E-state index in [1.165, 1.54) is 27.4 Å². The van der Waals surface area contributed by atoms with Crippen LogP contribution in [0.15, 0.2) is 148 Å². The van der Waals surface area contributed by atoms with E-state index in [2.05, 4.69) is 148 Å². The van der Waals surface area contributed by atoms with Gasteiger partial charge in [-0.25, -0.2) is 0 Å². The smallest absolute Gasteiger partial charge is 0.137 e. The van der Waals surface area contributed by atoms with Gasteiger partial charge in [0.15, 0.2) is 0 Å². The predicted molar refractivity (Wildman–Crippen MR) is 247 cm³/mol. The van der Waals surface area contributed by atoms with E-state index in [9.17, 15) is 0 Å². The van der Waals surface area contributed by atoms with Crippen LogP contribution in [-0.2, 0) is 26.5 Å². The van der Waals surface area contributed by atoms with Crippen LogP contribution in [-0.4, -0.2) is 22.6 Å². The molecule has 6 aromatic carbocycles. The number of hydrogen-bond donors (Lipinski definition) is 0. The summed E-state index contributed by atoms with van der Waals surface area (Å²) in [6.45, 7) is 16.0. The number of hydrogen-bond acceptors (Lipinski definition) is 4. The Morgan fingerprint density at radius 3 is 2.23 bits per heavy atom. The maximum atomic E-state index is 6.23. The van der Waals surface area contributed by atoms with Crippen molar-refractivity contribution in [1.82, 2.24) is 14.5 Å². The van der Waals surface area contributed by atoms with Crippen molar-refractivity contribution in [2.45, 2.75) is 53.8 Å². The molecule has 60 heavy (non-hydrogen) atoms. The zero-order chi connectivity index (χ0) is 40.8. The van der Waals surface area contributed by atoms with E-state index in [0.29, 0.717) is 5.92 Å². The van der Waals surface area contributed by atoms with Crippen LogP contribution in [0.3, 0.4) is 0 Å². The molecule has 10 rings (SSSR count). The molecule has 0 fully saturated rings. The maximum absolute atomic E-state index is 6.23. The van der Waals surface area contributed by atoms with Crippen LogP contribution in [0.4, 0.5) is 0 Å². The van der Waals surface area contributed by atoms with Gasteiger partial charge in [-0.1, -0.05) is 123 Å². The van der Waals surface area contributed by atoms with Crippen molar-refractivity contribution in [3.05, 3.63) is 169 Å². The van der Waals surface area contributed by atoms with Crippen LogP contribution >= 0.6 is 0 Å². The minimum Gasteiger partial charge on any atom is -0.557 e. The molecule has 0 bridgehead atoms. The molecule has 4 heterocycles. The van der Waals surface area contributed by atoms with Crippen molar-refractivity contribution in [1.29, 1.82) is 0 Å². The molecule has 0 saturated carbocycles. The molecule has 10 aromatic rings. The van der Waals surface area contributed by atoms with Crippen molar-refractivity contribution in [3.8, 4) is 39.5 Å². The molecule has 0 saturated heterocycles. The van der Waals surface area contributed by atoms with Crippen LogP contribution in [0.2, 0.25) is 19.6 Å². The summed E-state index contributed by atoms with van der Waals surface area (Å²) in [7, 11) is -1.34. The molecule has 5 nitrogen and oxygen atoms in total. The summed E-state index contributed by atoms with van der Waals surface area (Å²) in [5.41, 5.74) is 14.7. The molecular weight excluding hydrogens is 931 g/mol. The van der Waals surface area contributed by atoms with E-state index in [1.54, 1.807) is 0 Å². The number of fused-ring (bicyclic) bond motifs is 5. The third-order valence-electron chi connectivity index (χ3n) is 11.1. The predicted octanol–water partition coefficient (Wildman–Crippen LogP) is 13.7. The van der Waals surface area contributed by atoms with Crippen LogP contribution in [0.1, 0.15) is 30.5 Å². The summed E-state index contributed by atoms with van der Waals surface area (Å²) in [4.78, 5) is 9.77. The molecule has 0 aliphatic heterocycles. The van der Waals surface area contributed by atoms with Gasteiger partial charge in [0, 0.05) is 60.7 Å². The maximum Gasteiger partial charge on any atom is 0.137 e. The first-order valence-electron chi connectivity index (χ1n) is 20.4. The van der Waals surface area contributed by atoms with Crippen molar-refractivity contribution in [2.24, 2.45) is 5.92 Å². The van der Waals surface area contributed by atoms with Gasteiger partial charge in [0.25, 0.3) is 0 Å². The number of aromatic nitrogens is 3. The van der Waals surface area contributed by atoms with Crippen LogP contribution in [0, 0.1) is 32.1 Å².